The summed E-state index contributed by atoms with van der Waals surface area (Å²) in [5.41, 5.74) is 1.10. The van der Waals surface area contributed by atoms with Crippen LogP contribution >= 0.6 is 11.3 Å². The van der Waals surface area contributed by atoms with Gasteiger partial charge in [0.15, 0.2) is 5.76 Å². The van der Waals surface area contributed by atoms with Crippen LogP contribution in [0.1, 0.15) is 50.0 Å². The third-order valence-corrected chi connectivity index (χ3v) is 9.69. The van der Waals surface area contributed by atoms with Crippen molar-refractivity contribution in [2.45, 2.75) is 55.6 Å². The van der Waals surface area contributed by atoms with Crippen molar-refractivity contribution < 1.29 is 32.5 Å². The van der Waals surface area contributed by atoms with Crippen LogP contribution in [0.25, 0.3) is 0 Å². The Morgan fingerprint density at radius 1 is 1.10 bits per heavy atom. The molecule has 0 bridgehead atoms. The summed E-state index contributed by atoms with van der Waals surface area (Å²) in [6.07, 6.45) is 7.13. The first-order chi connectivity index (χ1) is 18.9. The third kappa shape index (κ3) is 7.82. The van der Waals surface area contributed by atoms with Gasteiger partial charge in [-0.05, 0) is 65.6 Å². The molecule has 0 saturated carbocycles. The Hall–Kier alpha value is -2.44. The summed E-state index contributed by atoms with van der Waals surface area (Å²) in [6.45, 7) is 1.10. The van der Waals surface area contributed by atoms with Crippen molar-refractivity contribution in [2.75, 3.05) is 46.5 Å². The van der Waals surface area contributed by atoms with Crippen molar-refractivity contribution in [1.29, 1.82) is 0 Å². The highest BCUT2D eigenvalue weighted by molar-refractivity contribution is 7.89. The van der Waals surface area contributed by atoms with Gasteiger partial charge < -0.3 is 24.2 Å². The minimum absolute atomic E-state index is 0.0248. The standard InChI is InChI=1S/C28H38N2O7S2/c1-35-24-7-9-25(10-8-24)39(33,34)30(14-16-31)15-17-36-27-20-23(22-11-18-38-21-22)19-26(37-27)28(32)29-12-5-3-2-4-6-13-29/h7-11,18-19,21,23,27,31H,2-6,12-17,20H2,1H3/t23-,27+/m1/s1. The zero-order valence-electron chi connectivity index (χ0n) is 22.4. The van der Waals surface area contributed by atoms with Crippen LogP contribution < -0.4 is 4.74 Å². The molecule has 0 aliphatic carbocycles. The summed E-state index contributed by atoms with van der Waals surface area (Å²) < 4.78 is 44.8. The molecule has 9 nitrogen and oxygen atoms in total. The second-order valence-electron chi connectivity index (χ2n) is 9.71. The minimum Gasteiger partial charge on any atom is -0.497 e. The number of carbonyl (C=O) groups is 1. The Balaban J connectivity index is 1.43. The van der Waals surface area contributed by atoms with Crippen LogP contribution in [0.4, 0.5) is 0 Å². The molecular formula is C28H38N2O7S2. The lowest BCUT2D eigenvalue weighted by molar-refractivity contribution is -0.153. The van der Waals surface area contributed by atoms with Crippen LogP contribution in [-0.4, -0.2) is 81.4 Å². The monoisotopic (exact) mass is 578 g/mol. The van der Waals surface area contributed by atoms with Gasteiger partial charge in [0.25, 0.3) is 5.91 Å². The van der Waals surface area contributed by atoms with Gasteiger partial charge in [0.1, 0.15) is 5.75 Å². The highest BCUT2D eigenvalue weighted by atomic mass is 32.2. The lowest BCUT2D eigenvalue weighted by Crippen LogP contribution is -2.39. The van der Waals surface area contributed by atoms with E-state index in [0.717, 1.165) is 31.2 Å². The van der Waals surface area contributed by atoms with E-state index in [2.05, 4.69) is 5.38 Å². The van der Waals surface area contributed by atoms with E-state index in [1.807, 2.05) is 22.4 Å². The number of aliphatic hydroxyl groups excluding tert-OH is 1. The van der Waals surface area contributed by atoms with Crippen LogP contribution in [0.5, 0.6) is 5.75 Å². The number of methoxy groups -OCH3 is 1. The third-order valence-electron chi connectivity index (χ3n) is 7.07. The Morgan fingerprint density at radius 3 is 2.46 bits per heavy atom. The van der Waals surface area contributed by atoms with Gasteiger partial charge in [-0.2, -0.15) is 15.6 Å². The average Bonchev–Trinajstić information content (AvgIpc) is 3.47. The average molecular weight is 579 g/mol. The molecule has 0 spiro atoms. The topological polar surface area (TPSA) is 106 Å². The van der Waals surface area contributed by atoms with Crippen LogP contribution in [0.2, 0.25) is 0 Å². The van der Waals surface area contributed by atoms with E-state index in [0.29, 0.717) is 31.0 Å². The van der Waals surface area contributed by atoms with Gasteiger partial charge in [-0.15, -0.1) is 0 Å². The van der Waals surface area contributed by atoms with Gasteiger partial charge in [0.2, 0.25) is 16.3 Å². The number of amides is 1. The Labute approximate surface area is 235 Å². The molecule has 1 amide bonds. The molecule has 1 aromatic heterocycles. The second kappa shape index (κ2) is 14.3. The number of nitrogens with zero attached hydrogens (tertiary/aromatic N) is 2. The molecule has 1 fully saturated rings. The molecule has 11 heteroatoms. The number of hydrogen-bond donors (Lipinski definition) is 1. The molecular weight excluding hydrogens is 540 g/mol. The van der Waals surface area contributed by atoms with Gasteiger partial charge in [0, 0.05) is 38.5 Å². The Kier molecular flexibility index (Phi) is 10.8. The van der Waals surface area contributed by atoms with Crippen molar-refractivity contribution in [3.05, 3.63) is 58.5 Å². The molecule has 3 heterocycles. The van der Waals surface area contributed by atoms with Gasteiger partial charge in [-0.25, -0.2) is 8.42 Å². The fourth-order valence-electron chi connectivity index (χ4n) is 4.88. The zero-order valence-corrected chi connectivity index (χ0v) is 24.0. The summed E-state index contributed by atoms with van der Waals surface area (Å²) >= 11 is 1.60. The highest BCUT2D eigenvalue weighted by Gasteiger charge is 2.32. The normalized spacial score (nSPS) is 20.6. The summed E-state index contributed by atoms with van der Waals surface area (Å²) in [4.78, 5) is 15.4. The van der Waals surface area contributed by atoms with Crippen LogP contribution in [0.15, 0.2) is 57.8 Å². The predicted octanol–water partition coefficient (Wildman–Crippen LogP) is 3.96. The maximum atomic E-state index is 13.4. The largest absolute Gasteiger partial charge is 0.497 e. The van der Waals surface area contributed by atoms with Gasteiger partial charge in [-0.3, -0.25) is 4.79 Å². The first-order valence-corrected chi connectivity index (χ1v) is 15.9. The van der Waals surface area contributed by atoms with Gasteiger partial charge in [0.05, 0.1) is 25.2 Å². The van der Waals surface area contributed by atoms with Crippen molar-refractivity contribution in [1.82, 2.24) is 9.21 Å². The maximum absolute atomic E-state index is 13.4. The van der Waals surface area contributed by atoms with E-state index in [-0.39, 0.29) is 43.0 Å². The van der Waals surface area contributed by atoms with Crippen molar-refractivity contribution >= 4 is 27.3 Å². The predicted molar refractivity (Wildman–Crippen MR) is 149 cm³/mol. The molecule has 39 heavy (non-hydrogen) atoms. The molecule has 0 radical (unpaired) electrons. The smallest absolute Gasteiger partial charge is 0.288 e. The van der Waals surface area contributed by atoms with Crippen molar-refractivity contribution in [2.24, 2.45) is 0 Å². The van der Waals surface area contributed by atoms with Gasteiger partial charge in [-0.1, -0.05) is 19.3 Å². The van der Waals surface area contributed by atoms with E-state index in [1.54, 1.807) is 23.5 Å². The number of carbonyl (C=O) groups excluding carboxylic acids is 1. The number of ether oxygens (including phenoxy) is 3. The molecule has 1 saturated heterocycles. The zero-order chi connectivity index (χ0) is 27.7. The summed E-state index contributed by atoms with van der Waals surface area (Å²) in [5.74, 6) is 0.686. The minimum atomic E-state index is -3.86. The number of thiophene rings is 1. The number of allylic oxidation sites excluding steroid dienone is 1. The molecule has 2 aliphatic heterocycles. The van der Waals surface area contributed by atoms with Crippen molar-refractivity contribution in [3.8, 4) is 5.75 Å². The lowest BCUT2D eigenvalue weighted by atomic mass is 9.95. The van der Waals surface area contributed by atoms with Crippen LogP contribution in [0, 0.1) is 0 Å². The number of rotatable bonds is 11. The quantitative estimate of drug-likeness (QED) is 0.430. The fourth-order valence-corrected chi connectivity index (χ4v) is 7.02. The number of hydrogen-bond acceptors (Lipinski definition) is 8. The molecule has 2 aliphatic rings. The van der Waals surface area contributed by atoms with Crippen molar-refractivity contribution in [3.63, 3.8) is 0 Å². The van der Waals surface area contributed by atoms with E-state index in [1.165, 1.54) is 30.0 Å². The summed E-state index contributed by atoms with van der Waals surface area (Å²) in [6, 6.07) is 8.15. The summed E-state index contributed by atoms with van der Waals surface area (Å²) in [7, 11) is -2.34. The van der Waals surface area contributed by atoms with Crippen LogP contribution in [0.3, 0.4) is 0 Å². The van der Waals surface area contributed by atoms with Crippen LogP contribution in [-0.2, 0) is 24.3 Å². The molecule has 2 aromatic rings. The summed E-state index contributed by atoms with van der Waals surface area (Å²) in [5, 5.41) is 13.6. The number of likely N-dealkylation sites (tertiary alicyclic amines) is 1. The Bertz CT molecular complexity index is 1180. The first-order valence-electron chi connectivity index (χ1n) is 13.5. The molecule has 0 unspecified atom stereocenters. The highest BCUT2D eigenvalue weighted by Crippen LogP contribution is 2.33. The van der Waals surface area contributed by atoms with E-state index >= 15 is 0 Å². The lowest BCUT2D eigenvalue weighted by Gasteiger charge is -2.32. The van der Waals surface area contributed by atoms with Gasteiger partial charge >= 0.3 is 0 Å². The second-order valence-corrected chi connectivity index (χ2v) is 12.4. The number of benzene rings is 1. The van der Waals surface area contributed by atoms with E-state index in [9.17, 15) is 18.3 Å². The van der Waals surface area contributed by atoms with E-state index < -0.39 is 16.3 Å². The number of aliphatic hydroxyl groups is 1. The number of sulfonamides is 1. The SMILES string of the molecule is COc1ccc(S(=O)(=O)N(CCO)CCO[C@@H]2C[C@H](c3ccsc3)C=C(C(=O)N3CCCCCCC3)O2)cc1. The molecule has 214 valence electrons. The molecule has 4 rings (SSSR count). The van der Waals surface area contributed by atoms with E-state index in [4.69, 9.17) is 14.2 Å². The Morgan fingerprint density at radius 2 is 1.82 bits per heavy atom. The maximum Gasteiger partial charge on any atom is 0.288 e. The molecule has 2 atom stereocenters. The molecule has 1 N–H and O–H groups in total. The first kappa shape index (κ1) is 29.5. The fraction of sp³-hybridized carbons (Fsp3) is 0.536. The molecule has 1 aromatic carbocycles.